The molecular weight excluding hydrogens is 743 g/mol. The van der Waals surface area contributed by atoms with Gasteiger partial charge >= 0.3 is 11.3 Å². The Balaban J connectivity index is 0.982. The number of fused-ring (bicyclic) bond motifs is 6. The van der Waals surface area contributed by atoms with Crippen LogP contribution in [0.2, 0.25) is 0 Å². The van der Waals surface area contributed by atoms with Gasteiger partial charge in [0.15, 0.2) is 0 Å². The van der Waals surface area contributed by atoms with E-state index in [0.29, 0.717) is 33.7 Å². The first-order chi connectivity index (χ1) is 26.8. The Morgan fingerprint density at radius 2 is 1.35 bits per heavy atom. The van der Waals surface area contributed by atoms with Crippen molar-refractivity contribution in [3.63, 3.8) is 0 Å². The molecule has 0 aliphatic carbocycles. The summed E-state index contributed by atoms with van der Waals surface area (Å²) in [5.74, 6) is 0. The summed E-state index contributed by atoms with van der Waals surface area (Å²) in [7, 11) is 0. The molecule has 0 amide bonds. The fraction of sp³-hybridized carbons (Fsp3) is 0.111. The van der Waals surface area contributed by atoms with Gasteiger partial charge in [-0.3, -0.25) is 4.98 Å². The molecule has 7 nitrogen and oxygen atoms in total. The van der Waals surface area contributed by atoms with Gasteiger partial charge in [0.1, 0.15) is 11.2 Å². The van der Waals surface area contributed by atoms with Crippen LogP contribution in [0.1, 0.15) is 19.4 Å². The van der Waals surface area contributed by atoms with Crippen molar-refractivity contribution in [3.8, 4) is 43.4 Å². The van der Waals surface area contributed by atoms with Crippen LogP contribution >= 0.6 is 34.0 Å². The lowest BCUT2D eigenvalue weighted by Gasteiger charge is -2.21. The van der Waals surface area contributed by atoms with E-state index in [9.17, 15) is 9.59 Å². The molecule has 268 valence electrons. The predicted octanol–water partition coefficient (Wildman–Crippen LogP) is 12.2. The monoisotopic (exact) mass is 773 g/mol. The Bertz CT molecular complexity index is 3270. The Kier molecular flexibility index (Phi) is 8.02. The summed E-state index contributed by atoms with van der Waals surface area (Å²) in [5.41, 5.74) is 6.25. The van der Waals surface area contributed by atoms with Crippen molar-refractivity contribution in [1.82, 2.24) is 9.97 Å². The van der Waals surface area contributed by atoms with Crippen molar-refractivity contribution in [2.75, 3.05) is 18.0 Å². The summed E-state index contributed by atoms with van der Waals surface area (Å²) < 4.78 is 16.5. The molecule has 0 saturated heterocycles. The van der Waals surface area contributed by atoms with E-state index in [1.165, 1.54) is 18.8 Å². The van der Waals surface area contributed by atoms with E-state index >= 15 is 0 Å². The maximum Gasteiger partial charge on any atom is 0.346 e. The van der Waals surface area contributed by atoms with Crippen molar-refractivity contribution in [2.24, 2.45) is 0 Å². The number of rotatable bonds is 7. The Labute approximate surface area is 326 Å². The first kappa shape index (κ1) is 33.6. The number of anilines is 1. The summed E-state index contributed by atoms with van der Waals surface area (Å²) in [6.45, 7) is 7.90. The van der Waals surface area contributed by atoms with Crippen LogP contribution in [-0.4, -0.2) is 23.1 Å². The van der Waals surface area contributed by atoms with Crippen LogP contribution in [-0.2, 0) is 0 Å². The number of hydrogen-bond acceptors (Lipinski definition) is 10. The molecule has 6 aromatic heterocycles. The fourth-order valence-corrected chi connectivity index (χ4v) is 11.5. The second kappa shape index (κ2) is 13.1. The lowest BCUT2D eigenvalue weighted by molar-refractivity contribution is 0.562. The first-order valence-electron chi connectivity index (χ1n) is 18.0. The number of thiophene rings is 3. The molecule has 0 aliphatic rings. The number of aromatic nitrogens is 2. The van der Waals surface area contributed by atoms with Gasteiger partial charge in [-0.15, -0.1) is 34.0 Å². The Morgan fingerprint density at radius 1 is 0.636 bits per heavy atom. The third kappa shape index (κ3) is 5.67. The predicted molar refractivity (Wildman–Crippen MR) is 230 cm³/mol. The maximum absolute atomic E-state index is 13.4. The minimum atomic E-state index is -0.424. The van der Waals surface area contributed by atoms with Crippen LogP contribution in [0.4, 0.5) is 5.69 Å². The van der Waals surface area contributed by atoms with E-state index in [1.807, 2.05) is 61.5 Å². The molecule has 10 aromatic rings. The molecule has 0 saturated carbocycles. The number of nitrogens with zero attached hydrogens (tertiary/aromatic N) is 3. The van der Waals surface area contributed by atoms with Crippen LogP contribution in [0.25, 0.3) is 94.9 Å². The van der Waals surface area contributed by atoms with Gasteiger partial charge in [-0.2, -0.15) is 0 Å². The third-order valence-electron chi connectivity index (χ3n) is 10.3. The Hall–Kier alpha value is -5.94. The molecule has 4 aromatic carbocycles. The number of aryl methyl sites for hydroxylation is 1. The van der Waals surface area contributed by atoms with Crippen molar-refractivity contribution >= 4 is 91.2 Å². The van der Waals surface area contributed by atoms with E-state index in [0.717, 1.165) is 66.8 Å². The highest BCUT2D eigenvalue weighted by molar-refractivity contribution is 7.40. The lowest BCUT2D eigenvalue weighted by atomic mass is 10.0. The van der Waals surface area contributed by atoms with Gasteiger partial charge in [0.05, 0.1) is 49.2 Å². The molecule has 55 heavy (non-hydrogen) atoms. The number of benzene rings is 4. The van der Waals surface area contributed by atoms with E-state index in [2.05, 4.69) is 66.2 Å². The molecule has 0 fully saturated rings. The minimum Gasteiger partial charge on any atom is -0.422 e. The topological polar surface area (TPSA) is 89.4 Å². The molecule has 10 rings (SSSR count). The highest BCUT2D eigenvalue weighted by atomic mass is 32.1. The summed E-state index contributed by atoms with van der Waals surface area (Å²) in [6, 6.07) is 32.6. The average molecular weight is 774 g/mol. The van der Waals surface area contributed by atoms with Gasteiger partial charge in [-0.05, 0) is 96.8 Å². The molecular formula is C45H31N3O4S3. The van der Waals surface area contributed by atoms with Crippen LogP contribution in [0.5, 0.6) is 0 Å². The van der Waals surface area contributed by atoms with Crippen LogP contribution in [0, 0.1) is 6.92 Å². The summed E-state index contributed by atoms with van der Waals surface area (Å²) >= 11 is 5.17. The van der Waals surface area contributed by atoms with Gasteiger partial charge < -0.3 is 13.7 Å². The van der Waals surface area contributed by atoms with Crippen molar-refractivity contribution < 1.29 is 8.83 Å². The molecule has 6 heterocycles. The summed E-state index contributed by atoms with van der Waals surface area (Å²) in [4.78, 5) is 40.5. The molecule has 0 bridgehead atoms. The SMILES string of the molecule is CCN(CC)c1ccc2c(C)c(-c3cncc(-c4cc5sc6cc(-c7cccc(-c8cc9cc%10ccccc%10cc9oc8=O)c7)sc6c5s4)n3)c(=O)oc2c1. The molecule has 0 N–H and O–H groups in total. The van der Waals surface area contributed by atoms with Gasteiger partial charge in [0, 0.05) is 49.9 Å². The zero-order valence-electron chi connectivity index (χ0n) is 30.0. The van der Waals surface area contributed by atoms with Gasteiger partial charge in [0.25, 0.3) is 0 Å². The Morgan fingerprint density at radius 3 is 2.15 bits per heavy atom. The quantitative estimate of drug-likeness (QED) is 0.118. The summed E-state index contributed by atoms with van der Waals surface area (Å²) in [5, 5.41) is 3.91. The highest BCUT2D eigenvalue weighted by Crippen LogP contribution is 2.48. The van der Waals surface area contributed by atoms with Crippen LogP contribution in [0.15, 0.2) is 128 Å². The van der Waals surface area contributed by atoms with E-state index in [-0.39, 0.29) is 5.63 Å². The lowest BCUT2D eigenvalue weighted by Crippen LogP contribution is -2.21. The van der Waals surface area contributed by atoms with E-state index in [1.54, 1.807) is 46.4 Å². The number of hydrogen-bond donors (Lipinski definition) is 0. The second-order valence-corrected chi connectivity index (χ2v) is 16.7. The van der Waals surface area contributed by atoms with Gasteiger partial charge in [0.2, 0.25) is 0 Å². The van der Waals surface area contributed by atoms with Crippen LogP contribution in [0.3, 0.4) is 0 Å². The molecule has 10 heteroatoms. The third-order valence-corrected chi connectivity index (χ3v) is 14.2. The molecule has 0 spiro atoms. The molecule has 0 radical (unpaired) electrons. The van der Waals surface area contributed by atoms with Crippen molar-refractivity contribution in [3.05, 3.63) is 136 Å². The molecule has 0 unspecified atom stereocenters. The zero-order valence-corrected chi connectivity index (χ0v) is 32.5. The normalized spacial score (nSPS) is 11.8. The molecule has 0 aliphatic heterocycles. The van der Waals surface area contributed by atoms with E-state index in [4.69, 9.17) is 13.8 Å². The van der Waals surface area contributed by atoms with Crippen molar-refractivity contribution in [2.45, 2.75) is 20.8 Å². The zero-order chi connectivity index (χ0) is 37.4. The largest absolute Gasteiger partial charge is 0.422 e. The standard InChI is InChI=1S/C45H31N3O4S3/c1-4-48(5-2)30-13-14-31-24(3)41(45(50)52-36(31)19-30)34-23-46-22-33(47-34)38-21-40-43(55-38)42-39(53-40)20-37(54-42)28-12-8-11-27(16-28)32-17-29-15-25-9-6-7-10-26(25)18-35(29)51-44(32)49/h6-23H,4-5H2,1-3H3. The van der Waals surface area contributed by atoms with Crippen molar-refractivity contribution in [1.29, 1.82) is 0 Å². The van der Waals surface area contributed by atoms with E-state index < -0.39 is 5.63 Å². The smallest absolute Gasteiger partial charge is 0.346 e. The van der Waals surface area contributed by atoms with Gasteiger partial charge in [-0.25, -0.2) is 14.6 Å². The van der Waals surface area contributed by atoms with Gasteiger partial charge in [-0.1, -0.05) is 42.5 Å². The second-order valence-electron chi connectivity index (χ2n) is 13.5. The molecule has 0 atom stereocenters. The fourth-order valence-electron chi connectivity index (χ4n) is 7.48. The average Bonchev–Trinajstić information content (AvgIpc) is 3.89. The highest BCUT2D eigenvalue weighted by Gasteiger charge is 2.20. The maximum atomic E-state index is 13.4. The first-order valence-corrected chi connectivity index (χ1v) is 20.5. The minimum absolute atomic E-state index is 0.354. The van der Waals surface area contributed by atoms with Crippen LogP contribution < -0.4 is 16.2 Å². The summed E-state index contributed by atoms with van der Waals surface area (Å²) in [6.07, 6.45) is 3.39.